The van der Waals surface area contributed by atoms with Gasteiger partial charge in [0.15, 0.2) is 0 Å². The zero-order valence-corrected chi connectivity index (χ0v) is 18.7. The maximum absolute atomic E-state index is 2.31. The molecule has 0 radical (unpaired) electrons. The summed E-state index contributed by atoms with van der Waals surface area (Å²) in [7, 11) is 0. The van der Waals surface area contributed by atoms with Crippen LogP contribution in [-0.2, 0) is 10.8 Å². The Morgan fingerprint density at radius 1 is 0.667 bits per heavy atom. The second kappa shape index (κ2) is 8.46. The van der Waals surface area contributed by atoms with Crippen LogP contribution in [0, 0.1) is 0 Å². The Morgan fingerprint density at radius 3 is 1.33 bits per heavy atom. The highest BCUT2D eigenvalue weighted by Crippen LogP contribution is 2.33. The lowest BCUT2D eigenvalue weighted by Crippen LogP contribution is -2.11. The first kappa shape index (κ1) is 21.5. The molecule has 2 aromatic rings. The Hall–Kier alpha value is -1.82. The van der Waals surface area contributed by atoms with Crippen molar-refractivity contribution < 1.29 is 0 Å². The van der Waals surface area contributed by atoms with E-state index < -0.39 is 0 Å². The Kier molecular flexibility index (Phi) is 6.73. The van der Waals surface area contributed by atoms with Gasteiger partial charge in [-0.1, -0.05) is 109 Å². The summed E-state index contributed by atoms with van der Waals surface area (Å²) in [6.07, 6.45) is 3.64. The van der Waals surface area contributed by atoms with Crippen molar-refractivity contribution in [2.45, 2.75) is 85.5 Å². The first-order valence-electron chi connectivity index (χ1n) is 10.5. The van der Waals surface area contributed by atoms with Gasteiger partial charge in [-0.05, 0) is 58.4 Å². The first-order valence-corrected chi connectivity index (χ1v) is 10.5. The van der Waals surface area contributed by atoms with Crippen molar-refractivity contribution in [3.8, 4) is 0 Å². The topological polar surface area (TPSA) is 0 Å². The van der Waals surface area contributed by atoms with E-state index in [1.807, 2.05) is 0 Å². The fourth-order valence-corrected chi connectivity index (χ4v) is 3.50. The minimum absolute atomic E-state index is 0.189. The molecular formula is C27H38. The molecule has 0 N–H and O–H groups in total. The first-order chi connectivity index (χ1) is 12.5. The average molecular weight is 363 g/mol. The Labute approximate surface area is 167 Å². The number of benzene rings is 2. The van der Waals surface area contributed by atoms with E-state index in [0.717, 1.165) is 6.42 Å². The SMILES string of the molecule is CCCCC(C)=C(c1ccc(C(C)(C)C)cc1)c1ccc(C(C)(C)C)cc1. The van der Waals surface area contributed by atoms with E-state index in [9.17, 15) is 0 Å². The van der Waals surface area contributed by atoms with Gasteiger partial charge in [-0.25, -0.2) is 0 Å². The van der Waals surface area contributed by atoms with Crippen LogP contribution in [0.5, 0.6) is 0 Å². The highest BCUT2D eigenvalue weighted by atomic mass is 14.2. The van der Waals surface area contributed by atoms with E-state index in [1.165, 1.54) is 46.2 Å². The molecule has 0 aromatic heterocycles. The molecule has 0 aliphatic heterocycles. The summed E-state index contributed by atoms with van der Waals surface area (Å²) in [5.74, 6) is 0. The summed E-state index contributed by atoms with van der Waals surface area (Å²) in [5.41, 5.74) is 8.72. The van der Waals surface area contributed by atoms with Gasteiger partial charge in [-0.3, -0.25) is 0 Å². The zero-order chi connectivity index (χ0) is 20.2. The maximum atomic E-state index is 2.31. The number of hydrogen-bond acceptors (Lipinski definition) is 0. The predicted molar refractivity (Wildman–Crippen MR) is 122 cm³/mol. The number of rotatable bonds is 5. The van der Waals surface area contributed by atoms with Gasteiger partial charge in [-0.2, -0.15) is 0 Å². The molecule has 0 nitrogen and oxygen atoms in total. The minimum Gasteiger partial charge on any atom is -0.0654 e. The fraction of sp³-hybridized carbons (Fsp3) is 0.481. The van der Waals surface area contributed by atoms with E-state index in [0.29, 0.717) is 0 Å². The molecule has 0 heteroatoms. The summed E-state index contributed by atoms with van der Waals surface area (Å²) in [4.78, 5) is 0. The van der Waals surface area contributed by atoms with Gasteiger partial charge in [0.2, 0.25) is 0 Å². The van der Waals surface area contributed by atoms with Crippen molar-refractivity contribution in [2.24, 2.45) is 0 Å². The molecule has 0 aliphatic carbocycles. The molecule has 0 saturated heterocycles. The van der Waals surface area contributed by atoms with Gasteiger partial charge in [0.25, 0.3) is 0 Å². The molecule has 27 heavy (non-hydrogen) atoms. The van der Waals surface area contributed by atoms with Gasteiger partial charge in [0.1, 0.15) is 0 Å². The summed E-state index contributed by atoms with van der Waals surface area (Å²) in [6.45, 7) is 18.2. The Balaban J connectivity index is 2.49. The van der Waals surface area contributed by atoms with Crippen LogP contribution in [0.1, 0.15) is 96.9 Å². The van der Waals surface area contributed by atoms with Crippen LogP contribution in [0.4, 0.5) is 0 Å². The molecule has 146 valence electrons. The van der Waals surface area contributed by atoms with Crippen molar-refractivity contribution in [3.05, 3.63) is 76.4 Å². The number of hydrogen-bond donors (Lipinski definition) is 0. The van der Waals surface area contributed by atoms with Crippen molar-refractivity contribution >= 4 is 5.57 Å². The quantitative estimate of drug-likeness (QED) is 0.502. The molecular weight excluding hydrogens is 324 g/mol. The van der Waals surface area contributed by atoms with Gasteiger partial charge in [0, 0.05) is 0 Å². The van der Waals surface area contributed by atoms with Gasteiger partial charge in [-0.15, -0.1) is 0 Å². The van der Waals surface area contributed by atoms with Crippen LogP contribution >= 0.6 is 0 Å². The lowest BCUT2D eigenvalue weighted by molar-refractivity contribution is 0.590. The molecule has 0 spiro atoms. The fourth-order valence-electron chi connectivity index (χ4n) is 3.50. The summed E-state index contributed by atoms with van der Waals surface area (Å²) in [5, 5.41) is 0. The van der Waals surface area contributed by atoms with Crippen LogP contribution < -0.4 is 0 Å². The summed E-state index contributed by atoms with van der Waals surface area (Å²) < 4.78 is 0. The molecule has 0 fully saturated rings. The normalized spacial score (nSPS) is 12.1. The van der Waals surface area contributed by atoms with E-state index in [4.69, 9.17) is 0 Å². The van der Waals surface area contributed by atoms with Crippen LogP contribution in [0.2, 0.25) is 0 Å². The third kappa shape index (κ3) is 5.58. The summed E-state index contributed by atoms with van der Waals surface area (Å²) in [6, 6.07) is 18.4. The van der Waals surface area contributed by atoms with Crippen molar-refractivity contribution in [1.29, 1.82) is 0 Å². The van der Waals surface area contributed by atoms with Gasteiger partial charge in [0.05, 0.1) is 0 Å². The van der Waals surface area contributed by atoms with Crippen molar-refractivity contribution in [2.75, 3.05) is 0 Å². The monoisotopic (exact) mass is 362 g/mol. The Bertz CT molecular complexity index is 697. The van der Waals surface area contributed by atoms with E-state index in [-0.39, 0.29) is 10.8 Å². The molecule has 0 heterocycles. The second-order valence-corrected chi connectivity index (χ2v) is 9.91. The molecule has 0 unspecified atom stereocenters. The minimum atomic E-state index is 0.189. The molecule has 0 amide bonds. The highest BCUT2D eigenvalue weighted by Gasteiger charge is 2.17. The van der Waals surface area contributed by atoms with Gasteiger partial charge < -0.3 is 0 Å². The predicted octanol–water partition coefficient (Wildman–Crippen LogP) is 8.29. The zero-order valence-electron chi connectivity index (χ0n) is 18.7. The second-order valence-electron chi connectivity index (χ2n) is 9.91. The number of allylic oxidation sites excluding steroid dienone is 1. The molecule has 0 bridgehead atoms. The van der Waals surface area contributed by atoms with Crippen LogP contribution in [-0.4, -0.2) is 0 Å². The largest absolute Gasteiger partial charge is 0.0654 e. The van der Waals surface area contributed by atoms with Gasteiger partial charge >= 0.3 is 0 Å². The van der Waals surface area contributed by atoms with E-state index in [2.05, 4.69) is 104 Å². The molecule has 0 aliphatic rings. The third-order valence-electron chi connectivity index (χ3n) is 5.41. The number of unbranched alkanes of at least 4 members (excludes halogenated alkanes) is 1. The van der Waals surface area contributed by atoms with Crippen molar-refractivity contribution in [1.82, 2.24) is 0 Å². The van der Waals surface area contributed by atoms with Crippen molar-refractivity contribution in [3.63, 3.8) is 0 Å². The lowest BCUT2D eigenvalue weighted by atomic mass is 9.83. The van der Waals surface area contributed by atoms with E-state index >= 15 is 0 Å². The summed E-state index contributed by atoms with van der Waals surface area (Å²) >= 11 is 0. The third-order valence-corrected chi connectivity index (χ3v) is 5.41. The van der Waals surface area contributed by atoms with Crippen LogP contribution in [0.15, 0.2) is 54.1 Å². The lowest BCUT2D eigenvalue weighted by Gasteiger charge is -2.22. The average Bonchev–Trinajstić information content (AvgIpc) is 2.59. The highest BCUT2D eigenvalue weighted by molar-refractivity contribution is 5.82. The van der Waals surface area contributed by atoms with Crippen LogP contribution in [0.25, 0.3) is 5.57 Å². The smallest absolute Gasteiger partial charge is 0.0122 e. The van der Waals surface area contributed by atoms with Crippen LogP contribution in [0.3, 0.4) is 0 Å². The molecule has 0 atom stereocenters. The van der Waals surface area contributed by atoms with E-state index in [1.54, 1.807) is 0 Å². The molecule has 2 rings (SSSR count). The maximum Gasteiger partial charge on any atom is -0.0122 e. The molecule has 2 aromatic carbocycles. The molecule has 0 saturated carbocycles. The standard InChI is InChI=1S/C27H38/c1-9-10-11-20(2)25(21-12-16-23(17-13-21)26(3,4)5)22-14-18-24(19-15-22)27(6,7)8/h12-19H,9-11H2,1-8H3. The Morgan fingerprint density at radius 2 is 1.04 bits per heavy atom.